The fourth-order valence-corrected chi connectivity index (χ4v) is 4.65. The van der Waals surface area contributed by atoms with Gasteiger partial charge in [0.15, 0.2) is 5.82 Å². The Bertz CT molecular complexity index is 1140. The highest BCUT2D eigenvalue weighted by atomic mass is 35.5. The summed E-state index contributed by atoms with van der Waals surface area (Å²) < 4.78 is 5.97. The number of halogens is 2. The van der Waals surface area contributed by atoms with E-state index in [1.54, 1.807) is 36.5 Å². The lowest BCUT2D eigenvalue weighted by atomic mass is 10.0. The number of carbonyl (C=O) groups is 1. The Morgan fingerprint density at radius 3 is 2.44 bits per heavy atom. The van der Waals surface area contributed by atoms with E-state index in [0.29, 0.717) is 26.9 Å². The molecule has 4 rings (SSSR count). The van der Waals surface area contributed by atoms with E-state index in [9.17, 15) is 4.79 Å². The third kappa shape index (κ3) is 5.60. The van der Waals surface area contributed by atoms with Crippen LogP contribution in [0.2, 0.25) is 10.0 Å². The van der Waals surface area contributed by atoms with Gasteiger partial charge < -0.3 is 20.7 Å². The topological polar surface area (TPSA) is 93.4 Å². The quantitative estimate of drug-likeness (QED) is 0.495. The van der Waals surface area contributed by atoms with E-state index in [1.807, 2.05) is 19.1 Å². The van der Waals surface area contributed by atoms with Crippen LogP contribution in [0.25, 0.3) is 11.3 Å². The van der Waals surface area contributed by atoms with Gasteiger partial charge in [0.2, 0.25) is 0 Å². The largest absolute Gasteiger partial charge is 0.467 e. The van der Waals surface area contributed by atoms with Crippen LogP contribution in [0, 0.1) is 0 Å². The maximum absolute atomic E-state index is 12.6. The second kappa shape index (κ2) is 10.6. The van der Waals surface area contributed by atoms with E-state index in [4.69, 9.17) is 33.7 Å². The number of nitrogens with two attached hydrogens (primary N) is 1. The minimum Gasteiger partial charge on any atom is -0.467 e. The summed E-state index contributed by atoms with van der Waals surface area (Å²) in [5, 5.41) is 4.12. The van der Waals surface area contributed by atoms with Crippen LogP contribution in [0.1, 0.15) is 41.8 Å². The zero-order valence-electron chi connectivity index (χ0n) is 19.1. The van der Waals surface area contributed by atoms with E-state index in [0.717, 1.165) is 31.5 Å². The number of carbonyl (C=O) groups excluding carboxylic acids is 1. The third-order valence-electron chi connectivity index (χ3n) is 5.96. The molecule has 1 unspecified atom stereocenters. The summed E-state index contributed by atoms with van der Waals surface area (Å²) in [6.07, 6.45) is 3.01. The molecule has 178 valence electrons. The summed E-state index contributed by atoms with van der Waals surface area (Å²) in [6.45, 7) is 3.80. The number of amides is 1. The van der Waals surface area contributed by atoms with E-state index in [1.165, 1.54) is 0 Å². The van der Waals surface area contributed by atoms with E-state index >= 15 is 0 Å². The fourth-order valence-electron chi connectivity index (χ4n) is 3.95. The van der Waals surface area contributed by atoms with Gasteiger partial charge >= 0.3 is 0 Å². The van der Waals surface area contributed by atoms with Gasteiger partial charge in [0.1, 0.15) is 6.10 Å². The summed E-state index contributed by atoms with van der Waals surface area (Å²) in [5.41, 5.74) is 8.62. The first-order valence-corrected chi connectivity index (χ1v) is 11.9. The number of rotatable bonds is 6. The van der Waals surface area contributed by atoms with Gasteiger partial charge in [-0.2, -0.15) is 0 Å². The minimum absolute atomic E-state index is 0.0704. The zero-order valence-corrected chi connectivity index (χ0v) is 20.6. The molecule has 0 aliphatic carbocycles. The lowest BCUT2D eigenvalue weighted by Crippen LogP contribution is -2.43. The Morgan fingerprint density at radius 2 is 1.79 bits per heavy atom. The van der Waals surface area contributed by atoms with E-state index in [-0.39, 0.29) is 23.6 Å². The number of likely N-dealkylation sites (tertiary alicyclic amines) is 1. The molecule has 9 heteroatoms. The van der Waals surface area contributed by atoms with Crippen LogP contribution in [0.15, 0.2) is 48.7 Å². The molecule has 0 saturated carbocycles. The van der Waals surface area contributed by atoms with Crippen LogP contribution in [-0.4, -0.2) is 47.0 Å². The van der Waals surface area contributed by atoms with Crippen LogP contribution in [-0.2, 0) is 0 Å². The number of ether oxygens (including phenoxy) is 1. The molecule has 0 bridgehead atoms. The molecule has 1 aliphatic heterocycles. The average molecular weight is 500 g/mol. The van der Waals surface area contributed by atoms with Crippen molar-refractivity contribution < 1.29 is 9.53 Å². The number of hydrogen-bond donors (Lipinski definition) is 2. The van der Waals surface area contributed by atoms with Crippen molar-refractivity contribution in [2.24, 2.45) is 0 Å². The maximum Gasteiger partial charge on any atom is 0.258 e. The van der Waals surface area contributed by atoms with Crippen LogP contribution < -0.4 is 15.8 Å². The summed E-state index contributed by atoms with van der Waals surface area (Å²) in [6, 6.07) is 12.7. The van der Waals surface area contributed by atoms with Crippen LogP contribution in [0.3, 0.4) is 0 Å². The first-order valence-electron chi connectivity index (χ1n) is 11.1. The lowest BCUT2D eigenvalue weighted by molar-refractivity contribution is 0.0917. The van der Waals surface area contributed by atoms with Crippen molar-refractivity contribution in [1.29, 1.82) is 0 Å². The van der Waals surface area contributed by atoms with Crippen molar-refractivity contribution in [3.8, 4) is 17.1 Å². The maximum atomic E-state index is 12.6. The number of nitrogen functional groups attached to an aromatic ring is 1. The molecule has 1 fully saturated rings. The van der Waals surface area contributed by atoms with Gasteiger partial charge in [0.25, 0.3) is 11.8 Å². The van der Waals surface area contributed by atoms with Crippen molar-refractivity contribution >= 4 is 34.9 Å². The highest BCUT2D eigenvalue weighted by Gasteiger charge is 2.20. The molecule has 2 heterocycles. The van der Waals surface area contributed by atoms with Crippen molar-refractivity contribution in [3.05, 3.63) is 69.8 Å². The molecular formula is C25H27Cl2N5O2. The summed E-state index contributed by atoms with van der Waals surface area (Å²) in [5.74, 6) is 0.275. The molecule has 7 nitrogen and oxygen atoms in total. The minimum atomic E-state index is -0.487. The molecule has 34 heavy (non-hydrogen) atoms. The number of nitrogens with one attached hydrogen (secondary N) is 1. The smallest absolute Gasteiger partial charge is 0.258 e. The number of piperidine rings is 1. The predicted molar refractivity (Wildman–Crippen MR) is 135 cm³/mol. The molecular weight excluding hydrogens is 473 g/mol. The molecule has 3 N–H and O–H groups in total. The van der Waals surface area contributed by atoms with Gasteiger partial charge in [-0.1, -0.05) is 41.4 Å². The van der Waals surface area contributed by atoms with Crippen LogP contribution in [0.5, 0.6) is 5.88 Å². The summed E-state index contributed by atoms with van der Waals surface area (Å²) in [4.78, 5) is 23.7. The number of aromatic nitrogens is 2. The predicted octanol–water partition coefficient (Wildman–Crippen LogP) is 5.00. The second-order valence-corrected chi connectivity index (χ2v) is 9.28. The van der Waals surface area contributed by atoms with E-state index < -0.39 is 6.10 Å². The molecule has 1 atom stereocenters. The number of benzene rings is 2. The molecule has 3 aromatic rings. The Hall–Kier alpha value is -2.87. The Kier molecular flexibility index (Phi) is 7.56. The Labute approximate surface area is 209 Å². The molecule has 1 aliphatic rings. The third-order valence-corrected chi connectivity index (χ3v) is 6.62. The van der Waals surface area contributed by atoms with Gasteiger partial charge in [0.05, 0.1) is 11.9 Å². The van der Waals surface area contributed by atoms with Gasteiger partial charge in [-0.3, -0.25) is 4.79 Å². The van der Waals surface area contributed by atoms with Crippen molar-refractivity contribution in [1.82, 2.24) is 20.2 Å². The summed E-state index contributed by atoms with van der Waals surface area (Å²) >= 11 is 12.6. The summed E-state index contributed by atoms with van der Waals surface area (Å²) in [7, 11) is 2.10. The molecule has 2 aromatic carbocycles. The SMILES string of the molecule is CC(Oc1nc(-c2ccc(C(=O)NC3CCN(C)CC3)cc2)cnc1N)c1c(Cl)cccc1Cl. The standard InChI is InChI=1S/C25H27Cl2N5O2/c1-15(22-19(26)4-3-5-20(22)27)34-25-23(28)29-14-21(31-25)16-6-8-17(9-7-16)24(33)30-18-10-12-32(2)13-11-18/h3-9,14-15,18H,10-13H2,1-2H3,(H2,28,29)(H,30,33). The Balaban J connectivity index is 1.47. The fraction of sp³-hybridized carbons (Fsp3) is 0.320. The Morgan fingerprint density at radius 1 is 1.15 bits per heavy atom. The first kappa shape index (κ1) is 24.3. The highest BCUT2D eigenvalue weighted by molar-refractivity contribution is 6.36. The van der Waals surface area contributed by atoms with Crippen molar-refractivity contribution in [2.75, 3.05) is 25.9 Å². The highest BCUT2D eigenvalue weighted by Crippen LogP contribution is 2.34. The monoisotopic (exact) mass is 499 g/mol. The molecule has 1 saturated heterocycles. The number of hydrogen-bond acceptors (Lipinski definition) is 6. The van der Waals surface area contributed by atoms with Gasteiger partial charge in [-0.15, -0.1) is 0 Å². The van der Waals surface area contributed by atoms with Crippen LogP contribution in [0.4, 0.5) is 5.82 Å². The molecule has 0 radical (unpaired) electrons. The van der Waals surface area contributed by atoms with Gasteiger partial charge in [-0.05, 0) is 64.2 Å². The number of anilines is 1. The van der Waals surface area contributed by atoms with Crippen molar-refractivity contribution in [2.45, 2.75) is 31.9 Å². The molecule has 1 amide bonds. The van der Waals surface area contributed by atoms with Crippen molar-refractivity contribution in [3.63, 3.8) is 0 Å². The average Bonchev–Trinajstić information content (AvgIpc) is 2.82. The van der Waals surface area contributed by atoms with Gasteiger partial charge in [-0.25, -0.2) is 9.97 Å². The molecule has 0 spiro atoms. The molecule has 1 aromatic heterocycles. The normalized spacial score (nSPS) is 15.6. The second-order valence-electron chi connectivity index (χ2n) is 8.47. The number of nitrogens with zero attached hydrogens (tertiary/aromatic N) is 3. The lowest BCUT2D eigenvalue weighted by Gasteiger charge is -2.29. The first-order chi connectivity index (χ1) is 16.3. The van der Waals surface area contributed by atoms with Gasteiger partial charge in [0, 0.05) is 32.8 Å². The van der Waals surface area contributed by atoms with E-state index in [2.05, 4.69) is 27.2 Å². The zero-order chi connectivity index (χ0) is 24.2. The van der Waals surface area contributed by atoms with Crippen LogP contribution >= 0.6 is 23.2 Å².